The van der Waals surface area contributed by atoms with E-state index in [-0.39, 0.29) is 6.42 Å². The first-order chi connectivity index (χ1) is 11.8. The summed E-state index contributed by atoms with van der Waals surface area (Å²) in [4.78, 5) is 10.3. The lowest BCUT2D eigenvalue weighted by atomic mass is 10.2. The highest BCUT2D eigenvalue weighted by atomic mass is 16.4. The minimum absolute atomic E-state index is 0.212. The zero-order valence-corrected chi connectivity index (χ0v) is 14.9. The van der Waals surface area contributed by atoms with Crippen molar-refractivity contribution in [2.24, 2.45) is 0 Å². The van der Waals surface area contributed by atoms with Gasteiger partial charge in [-0.2, -0.15) is 0 Å². The van der Waals surface area contributed by atoms with E-state index in [1.807, 2.05) is 12.2 Å². The minimum Gasteiger partial charge on any atom is -0.481 e. The van der Waals surface area contributed by atoms with Crippen LogP contribution in [0.15, 0.2) is 72.9 Å². The van der Waals surface area contributed by atoms with E-state index in [4.69, 9.17) is 5.11 Å². The van der Waals surface area contributed by atoms with E-state index in [2.05, 4.69) is 67.7 Å². The average molecular weight is 328 g/mol. The zero-order chi connectivity index (χ0) is 17.7. The zero-order valence-electron chi connectivity index (χ0n) is 14.9. The molecular formula is C22H32O2. The molecule has 0 atom stereocenters. The third kappa shape index (κ3) is 19.9. The number of carbonyl (C=O) groups is 1. The van der Waals surface area contributed by atoms with Gasteiger partial charge in [0.25, 0.3) is 0 Å². The maximum absolute atomic E-state index is 10.3. The van der Waals surface area contributed by atoms with Gasteiger partial charge in [0.15, 0.2) is 0 Å². The summed E-state index contributed by atoms with van der Waals surface area (Å²) in [7, 11) is 0. The molecule has 24 heavy (non-hydrogen) atoms. The molecule has 2 nitrogen and oxygen atoms in total. The van der Waals surface area contributed by atoms with E-state index in [1.54, 1.807) is 0 Å². The third-order valence-corrected chi connectivity index (χ3v) is 3.14. The van der Waals surface area contributed by atoms with Crippen molar-refractivity contribution in [3.8, 4) is 0 Å². The molecule has 0 aliphatic rings. The maximum atomic E-state index is 10.3. The molecule has 1 N–H and O–H groups in total. The molecule has 0 radical (unpaired) electrons. The second-order valence-corrected chi connectivity index (χ2v) is 5.39. The molecule has 0 bridgehead atoms. The summed E-state index contributed by atoms with van der Waals surface area (Å²) in [5.74, 6) is -0.740. The van der Waals surface area contributed by atoms with Crippen LogP contribution in [0.2, 0.25) is 0 Å². The lowest BCUT2D eigenvalue weighted by Gasteiger charge is -1.88. The molecule has 0 heterocycles. The Kier molecular flexibility index (Phi) is 17.3. The molecule has 0 aromatic rings. The molecule has 0 rings (SSSR count). The second kappa shape index (κ2) is 19.0. The van der Waals surface area contributed by atoms with Crippen molar-refractivity contribution in [1.29, 1.82) is 0 Å². The van der Waals surface area contributed by atoms with Gasteiger partial charge in [0.05, 0.1) is 0 Å². The highest BCUT2D eigenvalue weighted by molar-refractivity contribution is 5.66. The van der Waals surface area contributed by atoms with Crippen LogP contribution in [0.25, 0.3) is 0 Å². The number of allylic oxidation sites excluding steroid dienone is 12. The summed E-state index contributed by atoms with van der Waals surface area (Å²) in [6, 6.07) is 0. The fourth-order valence-corrected chi connectivity index (χ4v) is 1.86. The van der Waals surface area contributed by atoms with Gasteiger partial charge in [0.2, 0.25) is 0 Å². The highest BCUT2D eigenvalue weighted by Gasteiger charge is 1.90. The number of carboxylic acid groups (broad SMARTS) is 1. The molecule has 0 fully saturated rings. The van der Waals surface area contributed by atoms with E-state index >= 15 is 0 Å². The highest BCUT2D eigenvalue weighted by Crippen LogP contribution is 1.98. The molecular weight excluding hydrogens is 296 g/mol. The summed E-state index contributed by atoms with van der Waals surface area (Å²) >= 11 is 0. The smallest absolute Gasteiger partial charge is 0.303 e. The molecule has 0 aromatic carbocycles. The van der Waals surface area contributed by atoms with E-state index in [9.17, 15) is 4.79 Å². The number of carboxylic acids is 1. The predicted octanol–water partition coefficient (Wildman–Crippen LogP) is 6.55. The normalized spacial score (nSPS) is 13.0. The molecule has 0 unspecified atom stereocenters. The fourth-order valence-electron chi connectivity index (χ4n) is 1.86. The van der Waals surface area contributed by atoms with Gasteiger partial charge in [-0.15, -0.1) is 0 Å². The third-order valence-electron chi connectivity index (χ3n) is 3.14. The first kappa shape index (κ1) is 21.9. The monoisotopic (exact) mass is 328 g/mol. The minimum atomic E-state index is -0.740. The lowest BCUT2D eigenvalue weighted by molar-refractivity contribution is -0.136. The number of rotatable bonds is 14. The first-order valence-corrected chi connectivity index (χ1v) is 8.92. The van der Waals surface area contributed by atoms with Crippen molar-refractivity contribution < 1.29 is 9.90 Å². The Balaban J connectivity index is 3.52. The molecule has 0 aliphatic carbocycles. The SMILES string of the molecule is CC/C=C\CC/C=C/C=C/C=C/CC/C=C\C/C=C\CCC(=O)O. The van der Waals surface area contributed by atoms with Gasteiger partial charge >= 0.3 is 5.97 Å². The van der Waals surface area contributed by atoms with Crippen LogP contribution in [0.3, 0.4) is 0 Å². The topological polar surface area (TPSA) is 37.3 Å². The van der Waals surface area contributed by atoms with Crippen molar-refractivity contribution in [2.45, 2.75) is 58.3 Å². The predicted molar refractivity (Wildman–Crippen MR) is 105 cm³/mol. The Morgan fingerprint density at radius 2 is 1.17 bits per heavy atom. The molecule has 132 valence electrons. The van der Waals surface area contributed by atoms with Gasteiger partial charge in [-0.25, -0.2) is 0 Å². The van der Waals surface area contributed by atoms with E-state index in [0.717, 1.165) is 38.5 Å². The number of unbranched alkanes of at least 4 members (excludes halogenated alkanes) is 2. The molecule has 2 heteroatoms. The first-order valence-electron chi connectivity index (χ1n) is 8.92. The maximum Gasteiger partial charge on any atom is 0.303 e. The van der Waals surface area contributed by atoms with Crippen molar-refractivity contribution in [3.63, 3.8) is 0 Å². The van der Waals surface area contributed by atoms with Crippen LogP contribution in [-0.4, -0.2) is 11.1 Å². The van der Waals surface area contributed by atoms with Crippen LogP contribution in [-0.2, 0) is 4.79 Å². The summed E-state index contributed by atoms with van der Waals surface area (Å²) in [6.07, 6.45) is 32.4. The van der Waals surface area contributed by atoms with Gasteiger partial charge in [0, 0.05) is 6.42 Å². The van der Waals surface area contributed by atoms with E-state index < -0.39 is 5.97 Å². The number of aliphatic carboxylic acids is 1. The summed E-state index contributed by atoms with van der Waals surface area (Å²) in [6.45, 7) is 2.15. The summed E-state index contributed by atoms with van der Waals surface area (Å²) in [5, 5.41) is 8.49. The van der Waals surface area contributed by atoms with E-state index in [1.165, 1.54) is 0 Å². The molecule has 0 aliphatic heterocycles. The van der Waals surface area contributed by atoms with Crippen LogP contribution < -0.4 is 0 Å². The molecule has 0 saturated heterocycles. The number of hydrogen-bond donors (Lipinski definition) is 1. The van der Waals surface area contributed by atoms with E-state index in [0.29, 0.717) is 6.42 Å². The quantitative estimate of drug-likeness (QED) is 0.223. The largest absolute Gasteiger partial charge is 0.481 e. The van der Waals surface area contributed by atoms with Crippen LogP contribution in [0, 0.1) is 0 Å². The Morgan fingerprint density at radius 3 is 1.71 bits per heavy atom. The van der Waals surface area contributed by atoms with Gasteiger partial charge in [-0.3, -0.25) is 4.79 Å². The van der Waals surface area contributed by atoms with Gasteiger partial charge < -0.3 is 5.11 Å². The average Bonchev–Trinajstić information content (AvgIpc) is 2.56. The van der Waals surface area contributed by atoms with Gasteiger partial charge in [-0.05, 0) is 44.9 Å². The van der Waals surface area contributed by atoms with Crippen molar-refractivity contribution >= 4 is 5.97 Å². The summed E-state index contributed by atoms with van der Waals surface area (Å²) in [5.41, 5.74) is 0. The van der Waals surface area contributed by atoms with Crippen molar-refractivity contribution in [1.82, 2.24) is 0 Å². The van der Waals surface area contributed by atoms with Crippen molar-refractivity contribution in [2.75, 3.05) is 0 Å². The summed E-state index contributed by atoms with van der Waals surface area (Å²) < 4.78 is 0. The molecule has 0 saturated carbocycles. The number of hydrogen-bond acceptors (Lipinski definition) is 1. The van der Waals surface area contributed by atoms with Crippen molar-refractivity contribution in [3.05, 3.63) is 72.9 Å². The Bertz CT molecular complexity index is 462. The Labute approximate surface area is 147 Å². The van der Waals surface area contributed by atoms with Crippen LogP contribution in [0.4, 0.5) is 0 Å². The Hall–Kier alpha value is -2.09. The Morgan fingerprint density at radius 1 is 0.667 bits per heavy atom. The van der Waals surface area contributed by atoms with Gasteiger partial charge in [-0.1, -0.05) is 79.8 Å². The van der Waals surface area contributed by atoms with Crippen LogP contribution in [0.5, 0.6) is 0 Å². The standard InChI is InChI=1S/C22H32O2/c1-2-3-4-5-6-7-8-9-10-11-12-13-14-15-16-17-18-19-20-21-22(23)24/h3-4,7-12,15-16,18-19H,2,5-6,13-14,17,20-21H2,1H3,(H,23,24)/b4-3-,8-7+,10-9+,12-11+,16-15-,19-18-. The van der Waals surface area contributed by atoms with Gasteiger partial charge in [0.1, 0.15) is 0 Å². The van der Waals surface area contributed by atoms with Crippen LogP contribution >= 0.6 is 0 Å². The second-order valence-electron chi connectivity index (χ2n) is 5.39. The van der Waals surface area contributed by atoms with Crippen LogP contribution in [0.1, 0.15) is 58.3 Å². The molecule has 0 amide bonds. The molecule has 0 aromatic heterocycles. The lowest BCUT2D eigenvalue weighted by Crippen LogP contribution is -1.91. The molecule has 0 spiro atoms. The fraction of sp³-hybridized carbons (Fsp3) is 0.409.